The van der Waals surface area contributed by atoms with Crippen LogP contribution < -0.4 is 4.90 Å². The quantitative estimate of drug-likeness (QED) is 0.385. The normalized spacial score (nSPS) is 18.8. The molecule has 1 aliphatic heterocycles. The Kier molecular flexibility index (Phi) is 4.99. The van der Waals surface area contributed by atoms with Gasteiger partial charge >= 0.3 is 5.91 Å². The van der Waals surface area contributed by atoms with Gasteiger partial charge in [-0.3, -0.25) is 14.5 Å². The van der Waals surface area contributed by atoms with Gasteiger partial charge in [0.1, 0.15) is 11.3 Å². The minimum Gasteiger partial charge on any atom is -0.507 e. The predicted octanol–water partition coefficient (Wildman–Crippen LogP) is 4.46. The Bertz CT molecular complexity index is 1110. The third-order valence-electron chi connectivity index (χ3n) is 5.14. The number of carbonyl (C=O) groups excluding carboxylic acids is 2. The smallest absolute Gasteiger partial charge is 0.301 e. The van der Waals surface area contributed by atoms with Crippen LogP contribution in [0.5, 0.6) is 0 Å². The molecule has 1 fully saturated rings. The van der Waals surface area contributed by atoms with Crippen LogP contribution in [-0.4, -0.2) is 27.0 Å². The van der Waals surface area contributed by atoms with Crippen LogP contribution in [0.2, 0.25) is 0 Å². The first-order chi connectivity index (χ1) is 14.3. The second kappa shape index (κ2) is 7.50. The summed E-state index contributed by atoms with van der Waals surface area (Å²) in [7, 11) is 0. The van der Waals surface area contributed by atoms with Crippen molar-refractivity contribution in [2.75, 3.05) is 4.90 Å². The van der Waals surface area contributed by atoms with E-state index in [9.17, 15) is 14.7 Å². The standard InChI is InChI=1S/C23H21N3O3S/c1-23(2,3)16-11-9-14(10-12-16)18-17(19(27)15-7-5-4-6-8-15)20(28)21(29)26(18)22-25-24-13-30-22/h4-13,18,27H,1-3H3/b19-17+/t18-/m0/s1. The summed E-state index contributed by atoms with van der Waals surface area (Å²) >= 11 is 1.17. The van der Waals surface area contributed by atoms with Crippen LogP contribution in [0.15, 0.2) is 65.7 Å². The van der Waals surface area contributed by atoms with Gasteiger partial charge in [0.25, 0.3) is 5.78 Å². The molecule has 0 unspecified atom stereocenters. The first-order valence-corrected chi connectivity index (χ1v) is 10.4. The Morgan fingerprint density at radius 1 is 1.03 bits per heavy atom. The SMILES string of the molecule is CC(C)(C)c1ccc([C@H]2/C(=C(\O)c3ccccc3)C(=O)C(=O)N2c2nncs2)cc1. The zero-order valence-corrected chi connectivity index (χ0v) is 17.7. The molecule has 0 radical (unpaired) electrons. The number of anilines is 1. The highest BCUT2D eigenvalue weighted by molar-refractivity contribution is 7.13. The molecule has 6 nitrogen and oxygen atoms in total. The average Bonchev–Trinajstić information content (AvgIpc) is 3.35. The van der Waals surface area contributed by atoms with Gasteiger partial charge < -0.3 is 5.11 Å². The molecule has 4 rings (SSSR count). The number of Topliss-reactive ketones (excluding diaryl/α,β-unsaturated/α-hetero) is 1. The number of carbonyl (C=O) groups is 2. The molecule has 30 heavy (non-hydrogen) atoms. The van der Waals surface area contributed by atoms with Gasteiger partial charge in [-0.2, -0.15) is 0 Å². The van der Waals surface area contributed by atoms with Gasteiger partial charge in [0.05, 0.1) is 11.6 Å². The molecule has 2 heterocycles. The lowest BCUT2D eigenvalue weighted by Crippen LogP contribution is -2.29. The Hall–Kier alpha value is -3.32. The number of ketones is 1. The van der Waals surface area contributed by atoms with E-state index in [4.69, 9.17) is 0 Å². The van der Waals surface area contributed by atoms with E-state index in [0.29, 0.717) is 10.7 Å². The van der Waals surface area contributed by atoms with Crippen molar-refractivity contribution in [3.63, 3.8) is 0 Å². The number of aliphatic hydroxyl groups excluding tert-OH is 1. The molecule has 1 N–H and O–H groups in total. The Labute approximate surface area is 178 Å². The number of amides is 1. The fraction of sp³-hybridized carbons (Fsp3) is 0.217. The van der Waals surface area contributed by atoms with Gasteiger partial charge in [-0.1, -0.05) is 86.7 Å². The van der Waals surface area contributed by atoms with Gasteiger partial charge in [0.2, 0.25) is 5.13 Å². The molecular formula is C23H21N3O3S. The topological polar surface area (TPSA) is 83.4 Å². The van der Waals surface area contributed by atoms with E-state index < -0.39 is 17.7 Å². The number of rotatable bonds is 3. The fourth-order valence-electron chi connectivity index (χ4n) is 3.53. The summed E-state index contributed by atoms with van der Waals surface area (Å²) in [6, 6.07) is 15.7. The number of nitrogens with zero attached hydrogens (tertiary/aromatic N) is 3. The number of hydrogen-bond donors (Lipinski definition) is 1. The molecule has 1 aliphatic rings. The highest BCUT2D eigenvalue weighted by Crippen LogP contribution is 2.42. The van der Waals surface area contributed by atoms with Crippen molar-refractivity contribution in [3.8, 4) is 0 Å². The minimum absolute atomic E-state index is 0.0381. The molecule has 3 aromatic rings. The maximum Gasteiger partial charge on any atom is 0.301 e. The van der Waals surface area contributed by atoms with Crippen molar-refractivity contribution < 1.29 is 14.7 Å². The summed E-state index contributed by atoms with van der Waals surface area (Å²) in [6.45, 7) is 6.35. The Morgan fingerprint density at radius 2 is 1.70 bits per heavy atom. The molecule has 0 saturated carbocycles. The lowest BCUT2D eigenvalue weighted by molar-refractivity contribution is -0.132. The summed E-state index contributed by atoms with van der Waals surface area (Å²) in [5.41, 5.74) is 3.83. The van der Waals surface area contributed by atoms with Crippen molar-refractivity contribution in [2.45, 2.75) is 32.2 Å². The summed E-state index contributed by atoms with van der Waals surface area (Å²) in [5, 5.41) is 19.1. The molecule has 0 aliphatic carbocycles. The molecule has 1 aromatic heterocycles. The lowest BCUT2D eigenvalue weighted by atomic mass is 9.85. The van der Waals surface area contributed by atoms with Crippen LogP contribution in [0.25, 0.3) is 5.76 Å². The van der Waals surface area contributed by atoms with E-state index in [1.54, 1.807) is 24.3 Å². The van der Waals surface area contributed by atoms with Gasteiger partial charge in [-0.15, -0.1) is 10.2 Å². The maximum absolute atomic E-state index is 13.0. The van der Waals surface area contributed by atoms with Crippen LogP contribution in [0.3, 0.4) is 0 Å². The number of benzene rings is 2. The van der Waals surface area contributed by atoms with Crippen molar-refractivity contribution >= 4 is 33.9 Å². The summed E-state index contributed by atoms with van der Waals surface area (Å²) < 4.78 is 0. The first-order valence-electron chi connectivity index (χ1n) is 9.52. The monoisotopic (exact) mass is 419 g/mol. The third kappa shape index (κ3) is 3.41. The number of aromatic nitrogens is 2. The highest BCUT2D eigenvalue weighted by atomic mass is 32.1. The number of hydrogen-bond acceptors (Lipinski definition) is 6. The Morgan fingerprint density at radius 3 is 2.27 bits per heavy atom. The van der Waals surface area contributed by atoms with Crippen molar-refractivity contribution in [3.05, 3.63) is 82.4 Å². The van der Waals surface area contributed by atoms with E-state index in [0.717, 1.165) is 11.1 Å². The first kappa shape index (κ1) is 20.0. The zero-order valence-electron chi connectivity index (χ0n) is 16.9. The largest absolute Gasteiger partial charge is 0.507 e. The molecule has 152 valence electrons. The lowest BCUT2D eigenvalue weighted by Gasteiger charge is -2.24. The molecule has 0 bridgehead atoms. The van der Waals surface area contributed by atoms with E-state index >= 15 is 0 Å². The predicted molar refractivity (Wildman–Crippen MR) is 116 cm³/mol. The summed E-state index contributed by atoms with van der Waals surface area (Å²) in [4.78, 5) is 27.2. The minimum atomic E-state index is -0.785. The molecule has 2 aromatic carbocycles. The molecule has 1 saturated heterocycles. The Balaban J connectivity index is 1.90. The molecular weight excluding hydrogens is 398 g/mol. The van der Waals surface area contributed by atoms with E-state index in [1.165, 1.54) is 21.7 Å². The average molecular weight is 420 g/mol. The molecule has 1 amide bonds. The second-order valence-electron chi connectivity index (χ2n) is 8.13. The van der Waals surface area contributed by atoms with Crippen LogP contribution >= 0.6 is 11.3 Å². The van der Waals surface area contributed by atoms with Gasteiger partial charge in [0, 0.05) is 5.56 Å². The van der Waals surface area contributed by atoms with Crippen LogP contribution in [0.4, 0.5) is 5.13 Å². The van der Waals surface area contributed by atoms with Gasteiger partial charge in [0.15, 0.2) is 0 Å². The van der Waals surface area contributed by atoms with Gasteiger partial charge in [-0.25, -0.2) is 0 Å². The second-order valence-corrected chi connectivity index (χ2v) is 8.94. The van der Waals surface area contributed by atoms with Crippen LogP contribution in [0.1, 0.15) is 43.5 Å². The van der Waals surface area contributed by atoms with Crippen LogP contribution in [0, 0.1) is 0 Å². The van der Waals surface area contributed by atoms with E-state index in [2.05, 4.69) is 31.0 Å². The zero-order chi connectivity index (χ0) is 21.5. The fourth-order valence-corrected chi connectivity index (χ4v) is 4.12. The van der Waals surface area contributed by atoms with E-state index in [1.807, 2.05) is 30.3 Å². The number of aliphatic hydroxyl groups is 1. The highest BCUT2D eigenvalue weighted by Gasteiger charge is 2.48. The molecule has 7 heteroatoms. The van der Waals surface area contributed by atoms with Crippen LogP contribution in [-0.2, 0) is 15.0 Å². The maximum atomic E-state index is 13.0. The summed E-state index contributed by atoms with van der Waals surface area (Å²) in [6.07, 6.45) is 0. The summed E-state index contributed by atoms with van der Waals surface area (Å²) in [5.74, 6) is -1.67. The third-order valence-corrected chi connectivity index (χ3v) is 5.83. The molecule has 0 spiro atoms. The molecule has 1 atom stereocenters. The van der Waals surface area contributed by atoms with Crippen molar-refractivity contribution in [1.29, 1.82) is 0 Å². The van der Waals surface area contributed by atoms with E-state index in [-0.39, 0.29) is 16.7 Å². The van der Waals surface area contributed by atoms with Crippen molar-refractivity contribution in [1.82, 2.24) is 10.2 Å². The van der Waals surface area contributed by atoms with Gasteiger partial charge in [-0.05, 0) is 16.5 Å². The van der Waals surface area contributed by atoms with Crippen molar-refractivity contribution in [2.24, 2.45) is 0 Å².